The summed E-state index contributed by atoms with van der Waals surface area (Å²) in [7, 11) is 0. The number of nitriles is 1. The number of aryl methyl sites for hydroxylation is 1. The number of hydrogen-bond acceptors (Lipinski definition) is 5. The van der Waals surface area contributed by atoms with Gasteiger partial charge in [0.25, 0.3) is 0 Å². The molecule has 0 spiro atoms. The molecule has 154 valence electrons. The Morgan fingerprint density at radius 1 is 1.27 bits per heavy atom. The lowest BCUT2D eigenvalue weighted by atomic mass is 10.1. The van der Waals surface area contributed by atoms with Crippen molar-refractivity contribution >= 4 is 16.9 Å². The van der Waals surface area contributed by atoms with Gasteiger partial charge in [-0.05, 0) is 49.4 Å². The molecule has 4 rings (SSSR count). The Labute approximate surface area is 175 Å². The Morgan fingerprint density at radius 3 is 2.73 bits per heavy atom. The van der Waals surface area contributed by atoms with Crippen LogP contribution in [0.5, 0.6) is 0 Å². The topological polar surface area (TPSA) is 95.0 Å². The van der Waals surface area contributed by atoms with E-state index in [1.165, 1.54) is 17.8 Å². The van der Waals surface area contributed by atoms with Gasteiger partial charge in [0.1, 0.15) is 0 Å². The summed E-state index contributed by atoms with van der Waals surface area (Å²) >= 11 is 0. The van der Waals surface area contributed by atoms with Gasteiger partial charge in [-0.3, -0.25) is 9.97 Å². The van der Waals surface area contributed by atoms with Crippen LogP contribution in [0.3, 0.4) is 0 Å². The van der Waals surface area contributed by atoms with E-state index in [9.17, 15) is 9.90 Å². The third-order valence-electron chi connectivity index (χ3n) is 5.87. The summed E-state index contributed by atoms with van der Waals surface area (Å²) < 4.78 is 2.33. The minimum atomic E-state index is -0.978. The Balaban J connectivity index is 1.76. The van der Waals surface area contributed by atoms with Gasteiger partial charge in [0.05, 0.1) is 22.5 Å². The van der Waals surface area contributed by atoms with Crippen molar-refractivity contribution < 1.29 is 9.90 Å². The molecule has 0 aliphatic carbocycles. The number of aromatic carboxylic acids is 1. The Hall–Kier alpha value is -3.40. The molecular formula is C23H25N5O2. The lowest BCUT2D eigenvalue weighted by Crippen LogP contribution is -2.30. The number of aromatic nitrogens is 3. The smallest absolute Gasteiger partial charge is 0.335 e. The lowest BCUT2D eigenvalue weighted by Gasteiger charge is -2.29. The average molecular weight is 403 g/mol. The highest BCUT2D eigenvalue weighted by atomic mass is 16.4. The van der Waals surface area contributed by atoms with Gasteiger partial charge in [-0.1, -0.05) is 13.3 Å². The van der Waals surface area contributed by atoms with Crippen LogP contribution in [0.2, 0.25) is 0 Å². The van der Waals surface area contributed by atoms with Gasteiger partial charge in [0.2, 0.25) is 0 Å². The minimum Gasteiger partial charge on any atom is -0.478 e. The van der Waals surface area contributed by atoms with Crippen LogP contribution in [-0.2, 0) is 6.42 Å². The van der Waals surface area contributed by atoms with E-state index in [0.29, 0.717) is 17.4 Å². The van der Waals surface area contributed by atoms with E-state index in [4.69, 9.17) is 5.26 Å². The molecule has 0 unspecified atom stereocenters. The van der Waals surface area contributed by atoms with Crippen LogP contribution in [0.25, 0.3) is 22.3 Å². The van der Waals surface area contributed by atoms with Crippen molar-refractivity contribution in [2.75, 3.05) is 13.1 Å². The number of rotatable bonds is 6. The SMILES string of the molecule is CCCCc1cn(C2CCN(C#N)CC2)c2cc(-c3cc(C(=O)O)ccn3)ncc12. The number of hydrogen-bond donors (Lipinski definition) is 1. The van der Waals surface area contributed by atoms with Gasteiger partial charge < -0.3 is 14.6 Å². The van der Waals surface area contributed by atoms with Crippen LogP contribution < -0.4 is 0 Å². The second-order valence-electron chi connectivity index (χ2n) is 7.80. The summed E-state index contributed by atoms with van der Waals surface area (Å²) in [5.74, 6) is -0.978. The third kappa shape index (κ3) is 3.86. The van der Waals surface area contributed by atoms with Crippen molar-refractivity contribution in [1.82, 2.24) is 19.4 Å². The van der Waals surface area contributed by atoms with Crippen molar-refractivity contribution in [3.05, 3.63) is 47.9 Å². The number of piperidine rings is 1. The fraction of sp³-hybridized carbons (Fsp3) is 0.391. The zero-order chi connectivity index (χ0) is 21.1. The van der Waals surface area contributed by atoms with Crippen LogP contribution in [-0.4, -0.2) is 43.6 Å². The maximum atomic E-state index is 11.3. The van der Waals surface area contributed by atoms with Crippen molar-refractivity contribution in [3.8, 4) is 17.6 Å². The quantitative estimate of drug-likeness (QED) is 0.618. The number of likely N-dealkylation sites (tertiary alicyclic amines) is 1. The number of carbonyl (C=O) groups is 1. The number of unbranched alkanes of at least 4 members (excludes halogenated alkanes) is 1. The molecule has 4 heterocycles. The summed E-state index contributed by atoms with van der Waals surface area (Å²) in [6.07, 6.45) is 13.0. The predicted molar refractivity (Wildman–Crippen MR) is 114 cm³/mol. The standard InChI is InChI=1S/C23H25N5O2/c1-2-3-4-17-14-28(18-6-9-27(15-24)10-7-18)22-12-21(26-13-19(17)22)20-11-16(23(29)30)5-8-25-20/h5,8,11-14,18H,2-4,6-7,9-10H2,1H3,(H,29,30). The molecular weight excluding hydrogens is 378 g/mol. The van der Waals surface area contributed by atoms with Crippen LogP contribution in [0.15, 0.2) is 36.8 Å². The van der Waals surface area contributed by atoms with Crippen molar-refractivity contribution in [2.45, 2.75) is 45.1 Å². The number of pyridine rings is 2. The highest BCUT2D eigenvalue weighted by Crippen LogP contribution is 2.32. The maximum absolute atomic E-state index is 11.3. The molecule has 3 aromatic heterocycles. The van der Waals surface area contributed by atoms with Gasteiger partial charge in [-0.2, -0.15) is 5.26 Å². The van der Waals surface area contributed by atoms with E-state index >= 15 is 0 Å². The summed E-state index contributed by atoms with van der Waals surface area (Å²) in [6, 6.07) is 5.41. The predicted octanol–water partition coefficient (Wildman–Crippen LogP) is 4.26. The summed E-state index contributed by atoms with van der Waals surface area (Å²) in [5.41, 5.74) is 3.81. The summed E-state index contributed by atoms with van der Waals surface area (Å²) in [5, 5.41) is 19.6. The first-order valence-corrected chi connectivity index (χ1v) is 10.4. The molecule has 30 heavy (non-hydrogen) atoms. The van der Waals surface area contributed by atoms with Crippen LogP contribution >= 0.6 is 0 Å². The fourth-order valence-electron chi connectivity index (χ4n) is 4.17. The van der Waals surface area contributed by atoms with Crippen LogP contribution in [0.1, 0.15) is 54.6 Å². The van der Waals surface area contributed by atoms with E-state index in [1.54, 1.807) is 6.07 Å². The number of carboxylic acid groups (broad SMARTS) is 1. The van der Waals surface area contributed by atoms with Crippen molar-refractivity contribution in [1.29, 1.82) is 5.26 Å². The average Bonchev–Trinajstić information content (AvgIpc) is 3.15. The van der Waals surface area contributed by atoms with E-state index in [0.717, 1.165) is 56.1 Å². The van der Waals surface area contributed by atoms with E-state index in [2.05, 4.69) is 33.8 Å². The number of fused-ring (bicyclic) bond motifs is 1. The van der Waals surface area contributed by atoms with Crippen molar-refractivity contribution in [2.24, 2.45) is 0 Å². The molecule has 3 aromatic rings. The second-order valence-corrected chi connectivity index (χ2v) is 7.80. The zero-order valence-corrected chi connectivity index (χ0v) is 17.1. The molecule has 1 fully saturated rings. The van der Waals surface area contributed by atoms with Gasteiger partial charge in [0, 0.05) is 43.1 Å². The largest absolute Gasteiger partial charge is 0.478 e. The van der Waals surface area contributed by atoms with E-state index in [1.807, 2.05) is 17.2 Å². The molecule has 7 heteroatoms. The van der Waals surface area contributed by atoms with E-state index in [-0.39, 0.29) is 5.56 Å². The van der Waals surface area contributed by atoms with Gasteiger partial charge in [-0.25, -0.2) is 4.79 Å². The molecule has 0 radical (unpaired) electrons. The fourth-order valence-corrected chi connectivity index (χ4v) is 4.17. The highest BCUT2D eigenvalue weighted by Gasteiger charge is 2.22. The molecule has 0 atom stereocenters. The Kier molecular flexibility index (Phi) is 5.66. The highest BCUT2D eigenvalue weighted by molar-refractivity contribution is 5.90. The lowest BCUT2D eigenvalue weighted by molar-refractivity contribution is 0.0697. The first kappa shape index (κ1) is 19.9. The molecule has 1 aliphatic rings. The third-order valence-corrected chi connectivity index (χ3v) is 5.87. The van der Waals surface area contributed by atoms with E-state index < -0.39 is 5.97 Å². The summed E-state index contributed by atoms with van der Waals surface area (Å²) in [6.45, 7) is 3.73. The second kappa shape index (κ2) is 8.54. The molecule has 1 aliphatic heterocycles. The van der Waals surface area contributed by atoms with Gasteiger partial charge >= 0.3 is 5.97 Å². The molecule has 7 nitrogen and oxygen atoms in total. The number of nitrogens with zero attached hydrogens (tertiary/aromatic N) is 5. The molecule has 0 aromatic carbocycles. The molecule has 0 saturated carbocycles. The molecule has 1 N–H and O–H groups in total. The molecule has 0 amide bonds. The first-order valence-electron chi connectivity index (χ1n) is 10.4. The Morgan fingerprint density at radius 2 is 2.03 bits per heavy atom. The number of carboxylic acids is 1. The first-order chi connectivity index (χ1) is 14.6. The molecule has 1 saturated heterocycles. The minimum absolute atomic E-state index is 0.199. The van der Waals surface area contributed by atoms with Gasteiger partial charge in [-0.15, -0.1) is 0 Å². The van der Waals surface area contributed by atoms with Gasteiger partial charge in [0.15, 0.2) is 6.19 Å². The van der Waals surface area contributed by atoms with Crippen LogP contribution in [0, 0.1) is 11.5 Å². The van der Waals surface area contributed by atoms with Crippen molar-refractivity contribution in [3.63, 3.8) is 0 Å². The zero-order valence-electron chi connectivity index (χ0n) is 17.1. The monoisotopic (exact) mass is 403 g/mol. The normalized spacial score (nSPS) is 14.7. The van der Waals surface area contributed by atoms with Crippen LogP contribution in [0.4, 0.5) is 0 Å². The Bertz CT molecular complexity index is 1110. The molecule has 0 bridgehead atoms. The summed E-state index contributed by atoms with van der Waals surface area (Å²) in [4.78, 5) is 22.1. The maximum Gasteiger partial charge on any atom is 0.335 e.